The Morgan fingerprint density at radius 1 is 0.958 bits per heavy atom. The van der Waals surface area contributed by atoms with Gasteiger partial charge in [-0.1, -0.05) is 60.7 Å². The molecule has 0 saturated carbocycles. The molecule has 2 unspecified atom stereocenters. The van der Waals surface area contributed by atoms with E-state index in [2.05, 4.69) is 59.5 Å². The molecule has 4 rings (SSSR count). The highest BCUT2D eigenvalue weighted by molar-refractivity contribution is 5.85. The van der Waals surface area contributed by atoms with Crippen LogP contribution in [0.15, 0.2) is 65.7 Å². The SMILES string of the molecule is Cl.c1ccc(CN=C2OC(c3ccccc3)C3CCCCN23)cc1. The molecule has 2 aliphatic heterocycles. The minimum absolute atomic E-state index is 0. The topological polar surface area (TPSA) is 24.8 Å². The molecule has 126 valence electrons. The Labute approximate surface area is 149 Å². The van der Waals surface area contributed by atoms with Crippen molar-refractivity contribution in [3.05, 3.63) is 71.8 Å². The second kappa shape index (κ2) is 7.71. The fourth-order valence-corrected chi connectivity index (χ4v) is 3.57. The number of rotatable bonds is 3. The number of piperidine rings is 1. The van der Waals surface area contributed by atoms with Crippen molar-refractivity contribution < 1.29 is 4.74 Å². The van der Waals surface area contributed by atoms with E-state index in [-0.39, 0.29) is 18.5 Å². The Kier molecular flexibility index (Phi) is 5.41. The number of hydrogen-bond donors (Lipinski definition) is 0. The van der Waals surface area contributed by atoms with E-state index < -0.39 is 0 Å². The summed E-state index contributed by atoms with van der Waals surface area (Å²) in [6.07, 6.45) is 3.81. The molecule has 0 aromatic heterocycles. The van der Waals surface area contributed by atoms with Crippen LogP contribution in [-0.2, 0) is 11.3 Å². The van der Waals surface area contributed by atoms with Gasteiger partial charge in [-0.2, -0.15) is 0 Å². The second-order valence-electron chi connectivity index (χ2n) is 6.29. The van der Waals surface area contributed by atoms with E-state index in [4.69, 9.17) is 9.73 Å². The summed E-state index contributed by atoms with van der Waals surface area (Å²) in [5.41, 5.74) is 2.48. The van der Waals surface area contributed by atoms with Gasteiger partial charge in [0.1, 0.15) is 6.10 Å². The average Bonchev–Trinajstić information content (AvgIpc) is 3.01. The summed E-state index contributed by atoms with van der Waals surface area (Å²) >= 11 is 0. The number of fused-ring (bicyclic) bond motifs is 1. The highest BCUT2D eigenvalue weighted by atomic mass is 35.5. The predicted octanol–water partition coefficient (Wildman–Crippen LogP) is 4.59. The van der Waals surface area contributed by atoms with Crippen molar-refractivity contribution >= 4 is 18.4 Å². The normalized spacial score (nSPS) is 24.2. The van der Waals surface area contributed by atoms with Crippen LogP contribution in [0.1, 0.15) is 36.5 Å². The number of aliphatic imine (C=N–C) groups is 1. The quantitative estimate of drug-likeness (QED) is 0.815. The molecule has 0 radical (unpaired) electrons. The van der Waals surface area contributed by atoms with Gasteiger partial charge in [0.05, 0.1) is 12.6 Å². The van der Waals surface area contributed by atoms with Crippen LogP contribution in [0.4, 0.5) is 0 Å². The van der Waals surface area contributed by atoms with Gasteiger partial charge in [-0.25, -0.2) is 4.99 Å². The van der Waals surface area contributed by atoms with E-state index in [1.165, 1.54) is 30.4 Å². The molecule has 0 spiro atoms. The third-order valence-electron chi connectivity index (χ3n) is 4.74. The largest absolute Gasteiger partial charge is 0.455 e. The molecule has 3 nitrogen and oxygen atoms in total. The van der Waals surface area contributed by atoms with Gasteiger partial charge in [-0.05, 0) is 30.4 Å². The van der Waals surface area contributed by atoms with Crippen molar-refractivity contribution in [2.45, 2.75) is 38.0 Å². The van der Waals surface area contributed by atoms with Crippen LogP contribution in [-0.4, -0.2) is 23.5 Å². The van der Waals surface area contributed by atoms with Gasteiger partial charge < -0.3 is 9.64 Å². The minimum Gasteiger partial charge on any atom is -0.455 e. The molecule has 24 heavy (non-hydrogen) atoms. The van der Waals surface area contributed by atoms with E-state index in [0.29, 0.717) is 12.6 Å². The molecule has 2 atom stereocenters. The fraction of sp³-hybridized carbons (Fsp3) is 0.350. The van der Waals surface area contributed by atoms with Crippen molar-refractivity contribution in [3.63, 3.8) is 0 Å². The molecular weight excluding hydrogens is 320 g/mol. The number of benzene rings is 2. The lowest BCUT2D eigenvalue weighted by molar-refractivity contribution is 0.168. The maximum atomic E-state index is 6.29. The van der Waals surface area contributed by atoms with E-state index in [0.717, 1.165) is 12.6 Å². The molecule has 0 aliphatic carbocycles. The first kappa shape index (κ1) is 16.8. The summed E-state index contributed by atoms with van der Waals surface area (Å²) in [5, 5.41) is 0. The van der Waals surface area contributed by atoms with Gasteiger partial charge in [0.15, 0.2) is 0 Å². The molecule has 2 fully saturated rings. The van der Waals surface area contributed by atoms with E-state index >= 15 is 0 Å². The summed E-state index contributed by atoms with van der Waals surface area (Å²) < 4.78 is 6.29. The van der Waals surface area contributed by atoms with Crippen molar-refractivity contribution in [1.29, 1.82) is 0 Å². The molecular formula is C20H23ClN2O. The summed E-state index contributed by atoms with van der Waals surface area (Å²) in [7, 11) is 0. The van der Waals surface area contributed by atoms with Gasteiger partial charge in [-0.3, -0.25) is 0 Å². The zero-order chi connectivity index (χ0) is 15.5. The number of amidine groups is 1. The average molecular weight is 343 g/mol. The second-order valence-corrected chi connectivity index (χ2v) is 6.29. The fourth-order valence-electron chi connectivity index (χ4n) is 3.57. The number of ether oxygens (including phenoxy) is 1. The maximum absolute atomic E-state index is 6.29. The smallest absolute Gasteiger partial charge is 0.288 e. The molecule has 2 saturated heterocycles. The van der Waals surface area contributed by atoms with Gasteiger partial charge >= 0.3 is 0 Å². The molecule has 2 aliphatic rings. The zero-order valence-corrected chi connectivity index (χ0v) is 14.5. The van der Waals surface area contributed by atoms with Gasteiger partial charge in [-0.15, -0.1) is 12.4 Å². The van der Waals surface area contributed by atoms with E-state index in [1.807, 2.05) is 6.07 Å². The summed E-state index contributed by atoms with van der Waals surface area (Å²) in [5.74, 6) is 0. The molecule has 2 aromatic carbocycles. The van der Waals surface area contributed by atoms with Crippen molar-refractivity contribution in [2.24, 2.45) is 4.99 Å². The summed E-state index contributed by atoms with van der Waals surface area (Å²) in [6, 6.07) is 22.2. The molecule has 2 aromatic rings. The van der Waals surface area contributed by atoms with Crippen LogP contribution >= 0.6 is 12.4 Å². The van der Waals surface area contributed by atoms with Gasteiger partial charge in [0, 0.05) is 6.54 Å². The van der Waals surface area contributed by atoms with Crippen LogP contribution in [0, 0.1) is 0 Å². The molecule has 2 heterocycles. The van der Waals surface area contributed by atoms with Crippen molar-refractivity contribution in [3.8, 4) is 0 Å². The van der Waals surface area contributed by atoms with E-state index in [1.54, 1.807) is 0 Å². The van der Waals surface area contributed by atoms with Crippen LogP contribution in [0.25, 0.3) is 0 Å². The van der Waals surface area contributed by atoms with Crippen LogP contribution in [0.5, 0.6) is 0 Å². The lowest BCUT2D eigenvalue weighted by Crippen LogP contribution is -2.39. The highest BCUT2D eigenvalue weighted by Crippen LogP contribution is 2.37. The molecule has 0 bridgehead atoms. The first-order valence-corrected chi connectivity index (χ1v) is 8.48. The van der Waals surface area contributed by atoms with Crippen molar-refractivity contribution in [2.75, 3.05) is 6.54 Å². The third-order valence-corrected chi connectivity index (χ3v) is 4.74. The Morgan fingerprint density at radius 2 is 1.67 bits per heavy atom. The monoisotopic (exact) mass is 342 g/mol. The number of nitrogens with zero attached hydrogens (tertiary/aromatic N) is 2. The number of hydrogen-bond acceptors (Lipinski definition) is 2. The first-order valence-electron chi connectivity index (χ1n) is 8.48. The van der Waals surface area contributed by atoms with Gasteiger partial charge in [0.2, 0.25) is 0 Å². The Hall–Kier alpha value is -2.00. The van der Waals surface area contributed by atoms with Gasteiger partial charge in [0.25, 0.3) is 6.02 Å². The Balaban J connectivity index is 0.00000169. The summed E-state index contributed by atoms with van der Waals surface area (Å²) in [4.78, 5) is 7.15. The van der Waals surface area contributed by atoms with E-state index in [9.17, 15) is 0 Å². The van der Waals surface area contributed by atoms with Crippen LogP contribution < -0.4 is 0 Å². The standard InChI is InChI=1S/C20H22N2O.ClH/c1-3-9-16(10-4-1)15-21-20-22-14-8-7-13-18(22)19(23-20)17-11-5-2-6-12-17;/h1-6,9-12,18-19H,7-8,13-15H2;1H. The molecule has 0 amide bonds. The Morgan fingerprint density at radius 3 is 2.42 bits per heavy atom. The van der Waals surface area contributed by atoms with Crippen LogP contribution in [0.3, 0.4) is 0 Å². The minimum atomic E-state index is 0. The predicted molar refractivity (Wildman–Crippen MR) is 99.4 cm³/mol. The first-order chi connectivity index (χ1) is 11.4. The van der Waals surface area contributed by atoms with Crippen molar-refractivity contribution in [1.82, 2.24) is 4.90 Å². The van der Waals surface area contributed by atoms with Crippen LogP contribution in [0.2, 0.25) is 0 Å². The molecule has 4 heteroatoms. The highest BCUT2D eigenvalue weighted by Gasteiger charge is 2.41. The third kappa shape index (κ3) is 3.41. The zero-order valence-electron chi connectivity index (χ0n) is 13.7. The summed E-state index contributed by atoms with van der Waals surface area (Å²) in [6.45, 7) is 1.74. The molecule has 0 N–H and O–H groups in total. The number of halogens is 1. The Bertz CT molecular complexity index is 675. The maximum Gasteiger partial charge on any atom is 0.288 e. The lowest BCUT2D eigenvalue weighted by atomic mass is 9.94. The lowest BCUT2D eigenvalue weighted by Gasteiger charge is -2.30.